The Balaban J connectivity index is 2.82. The minimum atomic E-state index is 0.717. The van der Waals surface area contributed by atoms with E-state index in [2.05, 4.69) is 37.3 Å². The molecule has 1 nitrogen and oxygen atoms in total. The summed E-state index contributed by atoms with van der Waals surface area (Å²) in [5, 5.41) is 0. The highest BCUT2D eigenvalue weighted by atomic mass is 14.5. The van der Waals surface area contributed by atoms with E-state index in [4.69, 9.17) is 5.73 Å². The summed E-state index contributed by atoms with van der Waals surface area (Å²) in [5.41, 5.74) is 8.12. The van der Waals surface area contributed by atoms with Crippen LogP contribution < -0.4 is 5.73 Å². The van der Waals surface area contributed by atoms with Crippen molar-refractivity contribution in [2.45, 2.75) is 13.3 Å². The Labute approximate surface area is 73.9 Å². The zero-order chi connectivity index (χ0) is 8.81. The summed E-state index contributed by atoms with van der Waals surface area (Å²) in [7, 11) is 0. The van der Waals surface area contributed by atoms with Crippen molar-refractivity contribution in [2.75, 3.05) is 6.54 Å². The maximum atomic E-state index is 5.50. The number of benzene rings is 1. The molecule has 0 atom stereocenters. The third kappa shape index (κ3) is 2.21. The van der Waals surface area contributed by atoms with E-state index in [1.54, 1.807) is 0 Å². The fraction of sp³-hybridized carbons (Fsp3) is 0.273. The van der Waals surface area contributed by atoms with Crippen molar-refractivity contribution in [2.24, 2.45) is 5.73 Å². The number of rotatable bonds is 3. The first-order valence-corrected chi connectivity index (χ1v) is 4.29. The molecule has 0 aromatic heterocycles. The van der Waals surface area contributed by atoms with Gasteiger partial charge in [0.15, 0.2) is 0 Å². The Morgan fingerprint density at radius 3 is 2.50 bits per heavy atom. The van der Waals surface area contributed by atoms with Gasteiger partial charge in [-0.3, -0.25) is 0 Å². The predicted octanol–water partition coefficient (Wildman–Crippen LogP) is 2.44. The summed E-state index contributed by atoms with van der Waals surface area (Å²) < 4.78 is 0. The maximum absolute atomic E-state index is 5.50. The highest BCUT2D eigenvalue weighted by molar-refractivity contribution is 5.65. The standard InChI is InChI=1S/C11H15N/c1-2-10(8-9-12)11-6-4-3-5-7-11/h2-7H,8-9,12H2,1H3/b10-2-. The first-order valence-electron chi connectivity index (χ1n) is 4.29. The minimum absolute atomic E-state index is 0.717. The lowest BCUT2D eigenvalue weighted by molar-refractivity contribution is 1.02. The second kappa shape index (κ2) is 4.73. The quantitative estimate of drug-likeness (QED) is 0.724. The topological polar surface area (TPSA) is 26.0 Å². The van der Waals surface area contributed by atoms with Crippen LogP contribution in [0.1, 0.15) is 18.9 Å². The molecule has 1 aromatic rings. The second-order valence-corrected chi connectivity index (χ2v) is 2.72. The fourth-order valence-corrected chi connectivity index (χ4v) is 1.26. The van der Waals surface area contributed by atoms with E-state index < -0.39 is 0 Å². The molecule has 64 valence electrons. The largest absolute Gasteiger partial charge is 0.330 e. The smallest absolute Gasteiger partial charge is 0.00366 e. The summed E-state index contributed by atoms with van der Waals surface area (Å²) >= 11 is 0. The zero-order valence-electron chi connectivity index (χ0n) is 7.46. The van der Waals surface area contributed by atoms with Crippen molar-refractivity contribution < 1.29 is 0 Å². The van der Waals surface area contributed by atoms with Gasteiger partial charge in [-0.1, -0.05) is 36.4 Å². The molecular formula is C11H15N. The highest BCUT2D eigenvalue weighted by Gasteiger charge is 1.96. The van der Waals surface area contributed by atoms with Gasteiger partial charge in [0.25, 0.3) is 0 Å². The highest BCUT2D eigenvalue weighted by Crippen LogP contribution is 2.16. The Hall–Kier alpha value is -1.08. The molecule has 2 N–H and O–H groups in total. The van der Waals surface area contributed by atoms with Crippen molar-refractivity contribution in [1.29, 1.82) is 0 Å². The molecule has 0 aliphatic heterocycles. The molecule has 0 amide bonds. The summed E-state index contributed by atoms with van der Waals surface area (Å²) in [6.07, 6.45) is 3.09. The van der Waals surface area contributed by atoms with Gasteiger partial charge < -0.3 is 5.73 Å². The number of hydrogen-bond donors (Lipinski definition) is 1. The molecule has 12 heavy (non-hydrogen) atoms. The van der Waals surface area contributed by atoms with Crippen LogP contribution in [0.4, 0.5) is 0 Å². The van der Waals surface area contributed by atoms with Gasteiger partial charge in [0, 0.05) is 0 Å². The van der Waals surface area contributed by atoms with Gasteiger partial charge in [-0.15, -0.1) is 0 Å². The Morgan fingerprint density at radius 1 is 1.33 bits per heavy atom. The van der Waals surface area contributed by atoms with Crippen LogP contribution in [0.5, 0.6) is 0 Å². The average molecular weight is 161 g/mol. The molecule has 0 saturated carbocycles. The van der Waals surface area contributed by atoms with Crippen molar-refractivity contribution in [3.63, 3.8) is 0 Å². The van der Waals surface area contributed by atoms with Gasteiger partial charge in [-0.2, -0.15) is 0 Å². The molecule has 0 fully saturated rings. The Kier molecular flexibility index (Phi) is 3.55. The molecule has 0 bridgehead atoms. The second-order valence-electron chi connectivity index (χ2n) is 2.72. The van der Waals surface area contributed by atoms with E-state index in [0.717, 1.165) is 6.42 Å². The predicted molar refractivity (Wildman–Crippen MR) is 53.8 cm³/mol. The normalized spacial score (nSPS) is 11.7. The molecule has 0 aliphatic carbocycles. The summed E-state index contributed by atoms with van der Waals surface area (Å²) in [6.45, 7) is 2.77. The summed E-state index contributed by atoms with van der Waals surface area (Å²) in [5.74, 6) is 0. The van der Waals surface area contributed by atoms with Gasteiger partial charge in [-0.05, 0) is 31.0 Å². The lowest BCUT2D eigenvalue weighted by atomic mass is 10.0. The number of hydrogen-bond acceptors (Lipinski definition) is 1. The third-order valence-corrected chi connectivity index (χ3v) is 1.91. The molecule has 1 heteroatoms. The maximum Gasteiger partial charge on any atom is -0.00366 e. The molecule has 0 aliphatic rings. The third-order valence-electron chi connectivity index (χ3n) is 1.91. The molecule has 0 spiro atoms. The summed E-state index contributed by atoms with van der Waals surface area (Å²) in [6, 6.07) is 10.4. The lowest BCUT2D eigenvalue weighted by Gasteiger charge is -2.04. The van der Waals surface area contributed by atoms with E-state index in [9.17, 15) is 0 Å². The molecule has 1 rings (SSSR count). The monoisotopic (exact) mass is 161 g/mol. The van der Waals surface area contributed by atoms with Crippen molar-refractivity contribution in [1.82, 2.24) is 0 Å². The first-order chi connectivity index (χ1) is 5.88. The van der Waals surface area contributed by atoms with Crippen LogP contribution in [-0.2, 0) is 0 Å². The molecule has 0 radical (unpaired) electrons. The van der Waals surface area contributed by atoms with E-state index in [-0.39, 0.29) is 0 Å². The van der Waals surface area contributed by atoms with E-state index in [1.807, 2.05) is 6.07 Å². The molecule has 0 unspecified atom stereocenters. The van der Waals surface area contributed by atoms with Crippen LogP contribution in [0.15, 0.2) is 36.4 Å². The van der Waals surface area contributed by atoms with Crippen LogP contribution in [-0.4, -0.2) is 6.54 Å². The lowest BCUT2D eigenvalue weighted by Crippen LogP contribution is -1.99. The van der Waals surface area contributed by atoms with Crippen LogP contribution in [0.3, 0.4) is 0 Å². The Bertz CT molecular complexity index is 249. The van der Waals surface area contributed by atoms with E-state index in [1.165, 1.54) is 11.1 Å². The van der Waals surface area contributed by atoms with Crippen molar-refractivity contribution >= 4 is 5.57 Å². The number of allylic oxidation sites excluding steroid dienone is 1. The van der Waals surface area contributed by atoms with E-state index in [0.29, 0.717) is 6.54 Å². The zero-order valence-corrected chi connectivity index (χ0v) is 7.46. The van der Waals surface area contributed by atoms with Gasteiger partial charge in [0.2, 0.25) is 0 Å². The van der Waals surface area contributed by atoms with Gasteiger partial charge in [0.05, 0.1) is 0 Å². The van der Waals surface area contributed by atoms with Crippen LogP contribution in [0.25, 0.3) is 5.57 Å². The van der Waals surface area contributed by atoms with Gasteiger partial charge >= 0.3 is 0 Å². The SMILES string of the molecule is C/C=C(/CCN)c1ccccc1. The summed E-state index contributed by atoms with van der Waals surface area (Å²) in [4.78, 5) is 0. The van der Waals surface area contributed by atoms with Crippen LogP contribution in [0, 0.1) is 0 Å². The Morgan fingerprint density at radius 2 is 2.00 bits per heavy atom. The van der Waals surface area contributed by atoms with Crippen molar-refractivity contribution in [3.8, 4) is 0 Å². The van der Waals surface area contributed by atoms with Gasteiger partial charge in [-0.25, -0.2) is 0 Å². The molecule has 1 aromatic carbocycles. The van der Waals surface area contributed by atoms with Gasteiger partial charge in [0.1, 0.15) is 0 Å². The van der Waals surface area contributed by atoms with Crippen LogP contribution in [0.2, 0.25) is 0 Å². The minimum Gasteiger partial charge on any atom is -0.330 e. The molecule has 0 saturated heterocycles. The molecule has 0 heterocycles. The average Bonchev–Trinajstić information content (AvgIpc) is 2.15. The number of nitrogens with two attached hydrogens (primary N) is 1. The van der Waals surface area contributed by atoms with E-state index >= 15 is 0 Å². The van der Waals surface area contributed by atoms with Crippen molar-refractivity contribution in [3.05, 3.63) is 42.0 Å². The first kappa shape index (κ1) is 9.01. The molecular weight excluding hydrogens is 146 g/mol. The fourth-order valence-electron chi connectivity index (χ4n) is 1.26. The van der Waals surface area contributed by atoms with Crippen LogP contribution >= 0.6 is 0 Å².